The predicted octanol–water partition coefficient (Wildman–Crippen LogP) is 2.64. The number of aryl methyl sites for hydroxylation is 1. The van der Waals surface area contributed by atoms with Gasteiger partial charge in [0.15, 0.2) is 5.65 Å². The van der Waals surface area contributed by atoms with Crippen molar-refractivity contribution in [3.8, 4) is 0 Å². The lowest BCUT2D eigenvalue weighted by molar-refractivity contribution is 0.284. The Morgan fingerprint density at radius 3 is 2.94 bits per heavy atom. The van der Waals surface area contributed by atoms with E-state index in [0.29, 0.717) is 6.04 Å². The minimum atomic E-state index is 0.474. The van der Waals surface area contributed by atoms with Crippen LogP contribution in [-0.2, 0) is 0 Å². The Morgan fingerprint density at radius 1 is 1.41 bits per heavy atom. The Bertz CT molecular complexity index is 527. The van der Waals surface area contributed by atoms with Gasteiger partial charge in [-0.2, -0.15) is 4.98 Å². The van der Waals surface area contributed by atoms with E-state index in [1.165, 1.54) is 24.8 Å². The zero-order chi connectivity index (χ0) is 11.8. The van der Waals surface area contributed by atoms with Gasteiger partial charge in [0.2, 0.25) is 5.95 Å². The molecule has 0 aromatic carbocycles. The number of anilines is 1. The number of nitrogens with zero attached hydrogens (tertiary/aromatic N) is 3. The average Bonchev–Trinajstić information content (AvgIpc) is 2.55. The Hall–Kier alpha value is -1.58. The Balaban J connectivity index is 1.80. The van der Waals surface area contributed by atoms with Gasteiger partial charge in [-0.3, -0.25) is 0 Å². The van der Waals surface area contributed by atoms with Crippen LogP contribution in [0.1, 0.15) is 31.7 Å². The van der Waals surface area contributed by atoms with Crippen LogP contribution < -0.4 is 5.32 Å². The van der Waals surface area contributed by atoms with Crippen molar-refractivity contribution in [3.05, 3.63) is 23.9 Å². The number of aromatic nitrogens is 3. The molecule has 0 bridgehead atoms. The second kappa shape index (κ2) is 4.02. The number of fused-ring (bicyclic) bond motifs is 1. The fourth-order valence-corrected chi connectivity index (χ4v) is 2.31. The highest BCUT2D eigenvalue weighted by Crippen LogP contribution is 2.30. The standard InChI is InChI=1S/C13H18N4/c1-9-6-7-12-15-13(16-17(12)8-9)14-10(2)11-4-3-5-11/h6-8,10-11H,3-5H2,1-2H3,(H,14,16). The molecule has 1 saturated carbocycles. The van der Waals surface area contributed by atoms with Crippen LogP contribution >= 0.6 is 0 Å². The first kappa shape index (κ1) is 10.6. The third kappa shape index (κ3) is 1.99. The van der Waals surface area contributed by atoms with Gasteiger partial charge < -0.3 is 5.32 Å². The van der Waals surface area contributed by atoms with Gasteiger partial charge >= 0.3 is 0 Å². The molecule has 17 heavy (non-hydrogen) atoms. The molecule has 1 unspecified atom stereocenters. The van der Waals surface area contributed by atoms with Gasteiger partial charge in [0.1, 0.15) is 0 Å². The van der Waals surface area contributed by atoms with Crippen LogP contribution in [0.3, 0.4) is 0 Å². The smallest absolute Gasteiger partial charge is 0.243 e. The topological polar surface area (TPSA) is 42.2 Å². The fraction of sp³-hybridized carbons (Fsp3) is 0.538. The summed E-state index contributed by atoms with van der Waals surface area (Å²) in [6.07, 6.45) is 6.04. The van der Waals surface area contributed by atoms with Crippen LogP contribution in [-0.4, -0.2) is 20.6 Å². The van der Waals surface area contributed by atoms with Crippen molar-refractivity contribution in [1.29, 1.82) is 0 Å². The maximum Gasteiger partial charge on any atom is 0.243 e. The van der Waals surface area contributed by atoms with Gasteiger partial charge in [0.05, 0.1) is 0 Å². The minimum Gasteiger partial charge on any atom is -0.350 e. The van der Waals surface area contributed by atoms with Crippen molar-refractivity contribution in [3.63, 3.8) is 0 Å². The molecule has 0 spiro atoms. The maximum atomic E-state index is 4.48. The third-order valence-corrected chi connectivity index (χ3v) is 3.69. The Morgan fingerprint density at radius 2 is 2.24 bits per heavy atom. The lowest BCUT2D eigenvalue weighted by Crippen LogP contribution is -2.31. The van der Waals surface area contributed by atoms with E-state index >= 15 is 0 Å². The van der Waals surface area contributed by atoms with Crippen molar-refractivity contribution in [1.82, 2.24) is 14.6 Å². The molecule has 0 amide bonds. The molecule has 4 heteroatoms. The van der Waals surface area contributed by atoms with E-state index < -0.39 is 0 Å². The van der Waals surface area contributed by atoms with Gasteiger partial charge in [-0.05, 0) is 44.2 Å². The molecule has 0 radical (unpaired) electrons. The van der Waals surface area contributed by atoms with Crippen molar-refractivity contribution < 1.29 is 0 Å². The largest absolute Gasteiger partial charge is 0.350 e. The Labute approximate surface area is 101 Å². The number of hydrogen-bond donors (Lipinski definition) is 1. The van der Waals surface area contributed by atoms with Gasteiger partial charge in [-0.25, -0.2) is 4.52 Å². The number of nitrogens with one attached hydrogen (secondary N) is 1. The molecule has 4 nitrogen and oxygen atoms in total. The monoisotopic (exact) mass is 230 g/mol. The van der Waals surface area contributed by atoms with E-state index in [1.807, 2.05) is 16.8 Å². The quantitative estimate of drug-likeness (QED) is 0.881. The number of pyridine rings is 1. The highest BCUT2D eigenvalue weighted by atomic mass is 15.3. The molecule has 1 N–H and O–H groups in total. The molecule has 1 atom stereocenters. The van der Waals surface area contributed by atoms with Crippen molar-refractivity contribution in [2.45, 2.75) is 39.2 Å². The molecule has 2 heterocycles. The maximum absolute atomic E-state index is 4.48. The number of hydrogen-bond acceptors (Lipinski definition) is 3. The van der Waals surface area contributed by atoms with Crippen molar-refractivity contribution in [2.24, 2.45) is 5.92 Å². The lowest BCUT2D eigenvalue weighted by atomic mass is 9.80. The van der Waals surface area contributed by atoms with Crippen LogP contribution in [0.25, 0.3) is 5.65 Å². The zero-order valence-electron chi connectivity index (χ0n) is 10.3. The molecule has 90 valence electrons. The first-order valence-corrected chi connectivity index (χ1v) is 6.32. The average molecular weight is 230 g/mol. The Kier molecular flexibility index (Phi) is 2.50. The summed E-state index contributed by atoms with van der Waals surface area (Å²) in [4.78, 5) is 4.48. The molecule has 1 fully saturated rings. The summed E-state index contributed by atoms with van der Waals surface area (Å²) in [6.45, 7) is 4.28. The fourth-order valence-electron chi connectivity index (χ4n) is 2.31. The lowest BCUT2D eigenvalue weighted by Gasteiger charge is -2.31. The minimum absolute atomic E-state index is 0.474. The third-order valence-electron chi connectivity index (χ3n) is 3.69. The van der Waals surface area contributed by atoms with Crippen LogP contribution in [0.2, 0.25) is 0 Å². The van der Waals surface area contributed by atoms with E-state index in [9.17, 15) is 0 Å². The normalized spacial score (nSPS) is 18.0. The molecule has 1 aliphatic rings. The second-order valence-electron chi connectivity index (χ2n) is 5.07. The first-order chi connectivity index (χ1) is 8.22. The zero-order valence-corrected chi connectivity index (χ0v) is 10.3. The van der Waals surface area contributed by atoms with Gasteiger partial charge in [0.25, 0.3) is 0 Å². The van der Waals surface area contributed by atoms with E-state index in [0.717, 1.165) is 17.5 Å². The summed E-state index contributed by atoms with van der Waals surface area (Å²) in [5.41, 5.74) is 2.10. The first-order valence-electron chi connectivity index (χ1n) is 6.32. The summed E-state index contributed by atoms with van der Waals surface area (Å²) in [5, 5.41) is 7.86. The molecule has 2 aromatic heterocycles. The van der Waals surface area contributed by atoms with Crippen LogP contribution in [0.4, 0.5) is 5.95 Å². The molecular weight excluding hydrogens is 212 g/mol. The molecular formula is C13H18N4. The molecule has 3 rings (SSSR count). The van der Waals surface area contributed by atoms with Gasteiger partial charge in [-0.1, -0.05) is 12.5 Å². The van der Waals surface area contributed by atoms with Crippen LogP contribution in [0, 0.1) is 12.8 Å². The summed E-state index contributed by atoms with van der Waals surface area (Å²) < 4.78 is 1.84. The predicted molar refractivity (Wildman–Crippen MR) is 68.1 cm³/mol. The molecule has 0 aliphatic heterocycles. The van der Waals surface area contributed by atoms with E-state index in [1.54, 1.807) is 0 Å². The van der Waals surface area contributed by atoms with Crippen LogP contribution in [0.5, 0.6) is 0 Å². The molecule has 1 aliphatic carbocycles. The van der Waals surface area contributed by atoms with Gasteiger partial charge in [0, 0.05) is 12.2 Å². The SMILES string of the molecule is Cc1ccc2nc(NC(C)C3CCC3)nn2c1. The summed E-state index contributed by atoms with van der Waals surface area (Å²) >= 11 is 0. The molecule has 2 aromatic rings. The highest BCUT2D eigenvalue weighted by molar-refractivity contribution is 5.44. The van der Waals surface area contributed by atoms with E-state index in [-0.39, 0.29) is 0 Å². The van der Waals surface area contributed by atoms with E-state index in [2.05, 4.69) is 35.3 Å². The summed E-state index contributed by atoms with van der Waals surface area (Å²) in [5.74, 6) is 1.54. The molecule has 0 saturated heterocycles. The van der Waals surface area contributed by atoms with E-state index in [4.69, 9.17) is 0 Å². The summed E-state index contributed by atoms with van der Waals surface area (Å²) in [7, 11) is 0. The van der Waals surface area contributed by atoms with Crippen LogP contribution in [0.15, 0.2) is 18.3 Å². The second-order valence-corrected chi connectivity index (χ2v) is 5.07. The van der Waals surface area contributed by atoms with Crippen molar-refractivity contribution in [2.75, 3.05) is 5.32 Å². The van der Waals surface area contributed by atoms with Crippen molar-refractivity contribution >= 4 is 11.6 Å². The highest BCUT2D eigenvalue weighted by Gasteiger charge is 2.24. The summed E-state index contributed by atoms with van der Waals surface area (Å²) in [6, 6.07) is 4.53. The number of rotatable bonds is 3. The van der Waals surface area contributed by atoms with Gasteiger partial charge in [-0.15, -0.1) is 5.10 Å².